The number of anilines is 2. The van der Waals surface area contributed by atoms with E-state index >= 15 is 0 Å². The highest BCUT2D eigenvalue weighted by Gasteiger charge is 2.29. The maximum atomic E-state index is 12.4. The Balaban J connectivity index is 1.73. The van der Waals surface area contributed by atoms with E-state index in [0.717, 1.165) is 5.69 Å². The number of carbonyl (C=O) groups is 1. The molecule has 1 aliphatic rings. The Morgan fingerprint density at radius 3 is 2.69 bits per heavy atom. The average molecular weight is 373 g/mol. The SMILES string of the molecule is CC(C)c1ccccc1Nc1cc(C(=O)NC2CCS(=O)(=O)C2)ccn1. The van der Waals surface area contributed by atoms with E-state index in [2.05, 4.69) is 35.5 Å². The van der Waals surface area contributed by atoms with Gasteiger partial charge in [-0.3, -0.25) is 4.79 Å². The highest BCUT2D eigenvalue weighted by molar-refractivity contribution is 7.91. The molecule has 3 rings (SSSR count). The van der Waals surface area contributed by atoms with Gasteiger partial charge >= 0.3 is 0 Å². The molecule has 1 atom stereocenters. The molecule has 1 aliphatic heterocycles. The summed E-state index contributed by atoms with van der Waals surface area (Å²) in [6.07, 6.45) is 2.03. The number of amides is 1. The van der Waals surface area contributed by atoms with E-state index in [0.29, 0.717) is 23.7 Å². The monoisotopic (exact) mass is 373 g/mol. The van der Waals surface area contributed by atoms with Gasteiger partial charge in [0.2, 0.25) is 0 Å². The van der Waals surface area contributed by atoms with Crippen LogP contribution in [-0.4, -0.2) is 36.9 Å². The summed E-state index contributed by atoms with van der Waals surface area (Å²) in [5.41, 5.74) is 2.57. The Kier molecular flexibility index (Phi) is 5.27. The second kappa shape index (κ2) is 7.45. The van der Waals surface area contributed by atoms with Crippen molar-refractivity contribution in [3.8, 4) is 0 Å². The molecule has 0 bridgehead atoms. The predicted octanol–water partition coefficient (Wildman–Crippen LogP) is 2.87. The quantitative estimate of drug-likeness (QED) is 0.841. The lowest BCUT2D eigenvalue weighted by Crippen LogP contribution is -2.35. The molecule has 138 valence electrons. The maximum Gasteiger partial charge on any atom is 0.251 e. The highest BCUT2D eigenvalue weighted by Crippen LogP contribution is 2.26. The number of nitrogens with one attached hydrogen (secondary N) is 2. The van der Waals surface area contributed by atoms with Crippen molar-refractivity contribution in [2.45, 2.75) is 32.2 Å². The standard InChI is InChI=1S/C19H23N3O3S/c1-13(2)16-5-3-4-6-17(16)22-18-11-14(7-9-20-18)19(23)21-15-8-10-26(24,25)12-15/h3-7,9,11,13,15H,8,10,12H2,1-2H3,(H,20,22)(H,21,23). The Bertz CT molecular complexity index is 910. The molecule has 1 amide bonds. The van der Waals surface area contributed by atoms with Crippen molar-refractivity contribution < 1.29 is 13.2 Å². The molecule has 1 aromatic heterocycles. The molecule has 26 heavy (non-hydrogen) atoms. The van der Waals surface area contributed by atoms with Gasteiger partial charge in [-0.05, 0) is 36.1 Å². The van der Waals surface area contributed by atoms with Crippen LogP contribution < -0.4 is 10.6 Å². The largest absolute Gasteiger partial charge is 0.348 e. The average Bonchev–Trinajstić information content (AvgIpc) is 2.94. The van der Waals surface area contributed by atoms with Gasteiger partial charge in [0.15, 0.2) is 9.84 Å². The minimum absolute atomic E-state index is 0.0106. The number of pyridine rings is 1. The maximum absolute atomic E-state index is 12.4. The van der Waals surface area contributed by atoms with Crippen LogP contribution in [0.1, 0.15) is 42.1 Å². The van der Waals surface area contributed by atoms with Crippen molar-refractivity contribution in [3.05, 3.63) is 53.7 Å². The smallest absolute Gasteiger partial charge is 0.251 e. The van der Waals surface area contributed by atoms with Gasteiger partial charge in [-0.2, -0.15) is 0 Å². The number of nitrogens with zero attached hydrogens (tertiary/aromatic N) is 1. The summed E-state index contributed by atoms with van der Waals surface area (Å²) in [7, 11) is -3.02. The van der Waals surface area contributed by atoms with Crippen molar-refractivity contribution in [2.24, 2.45) is 0 Å². The normalized spacial score (nSPS) is 18.7. The van der Waals surface area contributed by atoms with E-state index in [1.165, 1.54) is 5.56 Å². The molecule has 2 heterocycles. The van der Waals surface area contributed by atoms with Crippen LogP contribution in [0, 0.1) is 0 Å². The number of carbonyl (C=O) groups excluding carboxylic acids is 1. The van der Waals surface area contributed by atoms with Crippen LogP contribution in [0.2, 0.25) is 0 Å². The van der Waals surface area contributed by atoms with Crippen LogP contribution in [0.3, 0.4) is 0 Å². The first kappa shape index (κ1) is 18.4. The Labute approximate surface area is 154 Å². The molecule has 1 saturated heterocycles. The molecule has 7 heteroatoms. The highest BCUT2D eigenvalue weighted by atomic mass is 32.2. The van der Waals surface area contributed by atoms with E-state index in [4.69, 9.17) is 0 Å². The molecule has 6 nitrogen and oxygen atoms in total. The molecule has 2 N–H and O–H groups in total. The summed E-state index contributed by atoms with van der Waals surface area (Å²) in [6, 6.07) is 11.0. The summed E-state index contributed by atoms with van der Waals surface area (Å²) in [5.74, 6) is 0.790. The minimum atomic E-state index is -3.02. The fraction of sp³-hybridized carbons (Fsp3) is 0.368. The number of rotatable bonds is 5. The fourth-order valence-corrected chi connectivity index (χ4v) is 4.74. The van der Waals surface area contributed by atoms with Gasteiger partial charge in [-0.25, -0.2) is 13.4 Å². The van der Waals surface area contributed by atoms with Gasteiger partial charge in [0.25, 0.3) is 5.91 Å². The van der Waals surface area contributed by atoms with Gasteiger partial charge in [-0.1, -0.05) is 32.0 Å². The fourth-order valence-electron chi connectivity index (χ4n) is 3.07. The van der Waals surface area contributed by atoms with E-state index in [9.17, 15) is 13.2 Å². The lowest BCUT2D eigenvalue weighted by Gasteiger charge is -2.15. The van der Waals surface area contributed by atoms with E-state index < -0.39 is 9.84 Å². The molecule has 1 aromatic carbocycles. The van der Waals surface area contributed by atoms with Gasteiger partial charge in [0, 0.05) is 23.5 Å². The number of hydrogen-bond donors (Lipinski definition) is 2. The topological polar surface area (TPSA) is 88.2 Å². The lowest BCUT2D eigenvalue weighted by atomic mass is 10.0. The zero-order valence-electron chi connectivity index (χ0n) is 14.9. The third-order valence-corrected chi connectivity index (χ3v) is 6.20. The summed E-state index contributed by atoms with van der Waals surface area (Å²) in [6.45, 7) is 4.24. The van der Waals surface area contributed by atoms with Gasteiger partial charge in [0.1, 0.15) is 5.82 Å². The minimum Gasteiger partial charge on any atom is -0.348 e. The third-order valence-electron chi connectivity index (χ3n) is 4.44. The first-order chi connectivity index (χ1) is 12.3. The molecule has 0 saturated carbocycles. The summed E-state index contributed by atoms with van der Waals surface area (Å²) in [4.78, 5) is 16.7. The molecule has 2 aromatic rings. The van der Waals surface area contributed by atoms with E-state index in [1.807, 2.05) is 18.2 Å². The van der Waals surface area contributed by atoms with E-state index in [1.54, 1.807) is 18.3 Å². The first-order valence-corrected chi connectivity index (χ1v) is 10.5. The number of sulfone groups is 1. The van der Waals surface area contributed by atoms with Crippen molar-refractivity contribution in [1.29, 1.82) is 0 Å². The molecular formula is C19H23N3O3S. The molecular weight excluding hydrogens is 350 g/mol. The zero-order valence-corrected chi connectivity index (χ0v) is 15.7. The lowest BCUT2D eigenvalue weighted by molar-refractivity contribution is 0.0941. The Hall–Kier alpha value is -2.41. The van der Waals surface area contributed by atoms with Crippen molar-refractivity contribution >= 4 is 27.2 Å². The molecule has 0 spiro atoms. The van der Waals surface area contributed by atoms with Crippen LogP contribution in [0.25, 0.3) is 0 Å². The Morgan fingerprint density at radius 2 is 2.00 bits per heavy atom. The summed E-state index contributed by atoms with van der Waals surface area (Å²) < 4.78 is 23.1. The summed E-state index contributed by atoms with van der Waals surface area (Å²) in [5, 5.41) is 6.07. The van der Waals surface area contributed by atoms with Crippen molar-refractivity contribution in [2.75, 3.05) is 16.8 Å². The molecule has 0 radical (unpaired) electrons. The third kappa shape index (κ3) is 4.40. The molecule has 1 unspecified atom stereocenters. The van der Waals surface area contributed by atoms with Crippen LogP contribution >= 0.6 is 0 Å². The van der Waals surface area contributed by atoms with Crippen molar-refractivity contribution in [1.82, 2.24) is 10.3 Å². The second-order valence-corrected chi connectivity index (χ2v) is 9.10. The van der Waals surface area contributed by atoms with Crippen molar-refractivity contribution in [3.63, 3.8) is 0 Å². The predicted molar refractivity (Wildman–Crippen MR) is 103 cm³/mol. The van der Waals surface area contributed by atoms with E-state index in [-0.39, 0.29) is 23.5 Å². The number of hydrogen-bond acceptors (Lipinski definition) is 5. The number of aromatic nitrogens is 1. The van der Waals surface area contributed by atoms with Gasteiger partial charge < -0.3 is 10.6 Å². The van der Waals surface area contributed by atoms with Gasteiger partial charge in [0.05, 0.1) is 11.5 Å². The second-order valence-electron chi connectivity index (χ2n) is 6.87. The number of para-hydroxylation sites is 1. The molecule has 1 fully saturated rings. The number of benzene rings is 1. The molecule has 0 aliphatic carbocycles. The summed E-state index contributed by atoms with van der Waals surface area (Å²) >= 11 is 0. The van der Waals surface area contributed by atoms with Crippen LogP contribution in [0.4, 0.5) is 11.5 Å². The Morgan fingerprint density at radius 1 is 1.23 bits per heavy atom. The zero-order chi connectivity index (χ0) is 18.7. The van der Waals surface area contributed by atoms with Gasteiger partial charge in [-0.15, -0.1) is 0 Å². The van der Waals surface area contributed by atoms with Crippen LogP contribution in [0.15, 0.2) is 42.6 Å². The van der Waals surface area contributed by atoms with Crippen LogP contribution in [0.5, 0.6) is 0 Å². The first-order valence-electron chi connectivity index (χ1n) is 8.67. The van der Waals surface area contributed by atoms with Crippen LogP contribution in [-0.2, 0) is 9.84 Å².